The first-order chi connectivity index (χ1) is 12.6. The average Bonchev–Trinajstić information content (AvgIpc) is 3.02. The van der Waals surface area contributed by atoms with Crippen molar-refractivity contribution in [3.05, 3.63) is 40.4 Å². The van der Waals surface area contributed by atoms with Gasteiger partial charge < -0.3 is 19.8 Å². The zero-order chi connectivity index (χ0) is 18.1. The number of halogens is 2. The molecule has 1 amide bonds. The summed E-state index contributed by atoms with van der Waals surface area (Å²) >= 11 is 13.5. The molecule has 0 spiro atoms. The average molecular weight is 410 g/mol. The number of nitrogens with one attached hydrogen (secondary N) is 2. The van der Waals surface area contributed by atoms with Gasteiger partial charge in [0.05, 0.1) is 27.5 Å². The van der Waals surface area contributed by atoms with Crippen molar-refractivity contribution in [2.24, 2.45) is 0 Å². The number of fused-ring (bicyclic) bond motifs is 2. The summed E-state index contributed by atoms with van der Waals surface area (Å²) in [5, 5.41) is 4.45. The molecule has 134 valence electrons. The van der Waals surface area contributed by atoms with Crippen molar-refractivity contribution in [1.82, 2.24) is 9.97 Å². The number of nitrogens with zero attached hydrogens (tertiary/aromatic N) is 1. The second-order valence-electron chi connectivity index (χ2n) is 5.52. The van der Waals surface area contributed by atoms with Crippen LogP contribution in [0.3, 0.4) is 0 Å². The Kier molecular flexibility index (Phi) is 4.84. The van der Waals surface area contributed by atoms with Crippen molar-refractivity contribution in [3.63, 3.8) is 0 Å². The highest BCUT2D eigenvalue weighted by Crippen LogP contribution is 2.38. The topological polar surface area (TPSA) is 76.2 Å². The van der Waals surface area contributed by atoms with E-state index in [1.807, 2.05) is 6.07 Å². The molecule has 0 atom stereocenters. The van der Waals surface area contributed by atoms with Gasteiger partial charge in [0, 0.05) is 17.2 Å². The summed E-state index contributed by atoms with van der Waals surface area (Å²) < 4.78 is 11.0. The number of carbonyl (C=O) groups is 1. The Morgan fingerprint density at radius 1 is 1.19 bits per heavy atom. The summed E-state index contributed by atoms with van der Waals surface area (Å²) in [4.78, 5) is 19.8. The molecule has 0 unspecified atom stereocenters. The first kappa shape index (κ1) is 17.3. The zero-order valence-electron chi connectivity index (χ0n) is 13.3. The summed E-state index contributed by atoms with van der Waals surface area (Å²) in [6, 6.07) is 8.70. The first-order valence-electron chi connectivity index (χ1n) is 7.75. The quantitative estimate of drug-likeness (QED) is 0.625. The number of ether oxygens (including phenoxy) is 2. The molecule has 4 rings (SSSR count). The lowest BCUT2D eigenvalue weighted by Gasteiger charge is -2.19. The predicted octanol–water partition coefficient (Wildman–Crippen LogP) is 4.37. The van der Waals surface area contributed by atoms with Crippen LogP contribution in [0.1, 0.15) is 0 Å². The predicted molar refractivity (Wildman–Crippen MR) is 103 cm³/mol. The van der Waals surface area contributed by atoms with E-state index in [1.54, 1.807) is 24.3 Å². The summed E-state index contributed by atoms with van der Waals surface area (Å²) in [5.41, 5.74) is 2.11. The minimum atomic E-state index is -0.202. The lowest BCUT2D eigenvalue weighted by Crippen LogP contribution is -2.17. The second-order valence-corrected chi connectivity index (χ2v) is 7.32. The Bertz CT molecular complexity index is 993. The number of hydrogen-bond donors (Lipinski definition) is 2. The van der Waals surface area contributed by atoms with Crippen LogP contribution in [-0.2, 0) is 4.79 Å². The van der Waals surface area contributed by atoms with Gasteiger partial charge >= 0.3 is 0 Å². The minimum absolute atomic E-state index is 0.179. The number of thioether (sulfide) groups is 1. The Morgan fingerprint density at radius 3 is 2.77 bits per heavy atom. The fourth-order valence-corrected chi connectivity index (χ4v) is 3.56. The molecular formula is C17H13Cl2N3O3S. The molecule has 1 aliphatic rings. The Morgan fingerprint density at radius 2 is 1.96 bits per heavy atom. The van der Waals surface area contributed by atoms with Crippen LogP contribution in [0, 0.1) is 0 Å². The van der Waals surface area contributed by atoms with Gasteiger partial charge in [0.2, 0.25) is 5.91 Å². The van der Waals surface area contributed by atoms with Gasteiger partial charge in [-0.25, -0.2) is 4.98 Å². The van der Waals surface area contributed by atoms with Crippen molar-refractivity contribution < 1.29 is 14.3 Å². The van der Waals surface area contributed by atoms with Gasteiger partial charge in [-0.1, -0.05) is 35.0 Å². The number of amides is 1. The van der Waals surface area contributed by atoms with Crippen molar-refractivity contribution in [2.45, 2.75) is 5.16 Å². The van der Waals surface area contributed by atoms with Gasteiger partial charge in [-0.05, 0) is 18.2 Å². The van der Waals surface area contributed by atoms with E-state index in [0.717, 1.165) is 11.0 Å². The van der Waals surface area contributed by atoms with Crippen LogP contribution < -0.4 is 14.8 Å². The molecule has 1 aromatic heterocycles. The molecule has 1 aliphatic heterocycles. The maximum absolute atomic E-state index is 12.2. The number of rotatable bonds is 4. The van der Waals surface area contributed by atoms with Gasteiger partial charge in [0.15, 0.2) is 16.7 Å². The van der Waals surface area contributed by atoms with Crippen LogP contribution in [-0.4, -0.2) is 34.8 Å². The molecule has 26 heavy (non-hydrogen) atoms. The molecule has 0 saturated heterocycles. The third-order valence-corrected chi connectivity index (χ3v) is 5.09. The molecule has 0 bridgehead atoms. The maximum atomic E-state index is 12.2. The molecule has 0 fully saturated rings. The number of hydrogen-bond acceptors (Lipinski definition) is 5. The van der Waals surface area contributed by atoms with Gasteiger partial charge in [0.25, 0.3) is 0 Å². The number of benzene rings is 2. The van der Waals surface area contributed by atoms with Gasteiger partial charge in [-0.3, -0.25) is 4.79 Å². The number of imidazole rings is 1. The molecule has 3 aromatic rings. The van der Waals surface area contributed by atoms with Crippen LogP contribution >= 0.6 is 35.0 Å². The fourth-order valence-electron chi connectivity index (χ4n) is 2.51. The van der Waals surface area contributed by atoms with Crippen molar-refractivity contribution in [1.29, 1.82) is 0 Å². The summed E-state index contributed by atoms with van der Waals surface area (Å²) in [5.74, 6) is 1.12. The van der Waals surface area contributed by atoms with E-state index >= 15 is 0 Å². The summed E-state index contributed by atoms with van der Waals surface area (Å²) in [6.07, 6.45) is 0. The maximum Gasteiger partial charge on any atom is 0.234 e. The first-order valence-corrected chi connectivity index (χ1v) is 9.50. The van der Waals surface area contributed by atoms with E-state index in [4.69, 9.17) is 32.7 Å². The Labute approximate surface area is 163 Å². The number of aromatic nitrogens is 2. The molecule has 2 N–H and O–H groups in total. The zero-order valence-corrected chi connectivity index (χ0v) is 15.7. The number of carbonyl (C=O) groups excluding carboxylic acids is 1. The molecule has 0 aliphatic carbocycles. The highest BCUT2D eigenvalue weighted by atomic mass is 35.5. The van der Waals surface area contributed by atoms with Crippen molar-refractivity contribution in [3.8, 4) is 11.5 Å². The highest BCUT2D eigenvalue weighted by molar-refractivity contribution is 7.99. The van der Waals surface area contributed by atoms with Gasteiger partial charge in [-0.15, -0.1) is 0 Å². The van der Waals surface area contributed by atoms with E-state index in [2.05, 4.69) is 15.3 Å². The van der Waals surface area contributed by atoms with Gasteiger partial charge in [-0.2, -0.15) is 0 Å². The summed E-state index contributed by atoms with van der Waals surface area (Å²) in [7, 11) is 0. The van der Waals surface area contributed by atoms with Crippen LogP contribution in [0.2, 0.25) is 10.0 Å². The second kappa shape index (κ2) is 7.26. The minimum Gasteiger partial charge on any atom is -0.486 e. The largest absolute Gasteiger partial charge is 0.486 e. The van der Waals surface area contributed by atoms with Crippen molar-refractivity contribution >= 4 is 57.6 Å². The van der Waals surface area contributed by atoms with E-state index in [9.17, 15) is 4.79 Å². The molecule has 2 heterocycles. The van der Waals surface area contributed by atoms with Crippen molar-refractivity contribution in [2.75, 3.05) is 24.3 Å². The third-order valence-electron chi connectivity index (χ3n) is 3.67. The molecule has 2 aromatic carbocycles. The number of H-pyrrole nitrogens is 1. The van der Waals surface area contributed by atoms with Crippen LogP contribution in [0.4, 0.5) is 5.69 Å². The molecule has 0 saturated carbocycles. The SMILES string of the molecule is O=C(CSc1nc2ccc(Cl)cc2[nH]1)Nc1cc2c(cc1Cl)OCCO2. The van der Waals surface area contributed by atoms with Crippen LogP contribution in [0.15, 0.2) is 35.5 Å². The summed E-state index contributed by atoms with van der Waals surface area (Å²) in [6.45, 7) is 0.947. The van der Waals surface area contributed by atoms with E-state index in [1.165, 1.54) is 11.8 Å². The van der Waals surface area contributed by atoms with E-state index in [0.29, 0.717) is 45.6 Å². The van der Waals surface area contributed by atoms with Crippen LogP contribution in [0.25, 0.3) is 11.0 Å². The number of aromatic amines is 1. The van der Waals surface area contributed by atoms with E-state index in [-0.39, 0.29) is 11.7 Å². The van der Waals surface area contributed by atoms with Crippen LogP contribution in [0.5, 0.6) is 11.5 Å². The molecule has 9 heteroatoms. The lowest BCUT2D eigenvalue weighted by molar-refractivity contribution is -0.113. The molecule has 6 nitrogen and oxygen atoms in total. The fraction of sp³-hybridized carbons (Fsp3) is 0.176. The molecular weight excluding hydrogens is 397 g/mol. The highest BCUT2D eigenvalue weighted by Gasteiger charge is 2.16. The van der Waals surface area contributed by atoms with E-state index < -0.39 is 0 Å². The van der Waals surface area contributed by atoms with Gasteiger partial charge in [0.1, 0.15) is 13.2 Å². The standard InChI is InChI=1S/C17H13Cl2N3O3S/c18-9-1-2-11-13(5-9)22-17(21-11)26-8-16(23)20-12-7-15-14(6-10(12)19)24-3-4-25-15/h1-2,5-7H,3-4,8H2,(H,20,23)(H,21,22). The Hall–Kier alpha value is -2.09. The third kappa shape index (κ3) is 3.70. The Balaban J connectivity index is 1.42. The lowest BCUT2D eigenvalue weighted by atomic mass is 10.2. The molecule has 0 radical (unpaired) electrons. The normalized spacial score (nSPS) is 13.0. The smallest absolute Gasteiger partial charge is 0.234 e. The number of anilines is 1. The monoisotopic (exact) mass is 409 g/mol.